The van der Waals surface area contributed by atoms with Crippen LogP contribution in [0.3, 0.4) is 0 Å². The van der Waals surface area contributed by atoms with Gasteiger partial charge in [-0.15, -0.1) is 0 Å². The van der Waals surface area contributed by atoms with Crippen molar-refractivity contribution in [2.45, 2.75) is 25.3 Å². The molecule has 0 unspecified atom stereocenters. The third-order valence-electron chi connectivity index (χ3n) is 6.73. The molecule has 1 saturated heterocycles. The summed E-state index contributed by atoms with van der Waals surface area (Å²) in [5.74, 6) is 1.45. The van der Waals surface area contributed by atoms with E-state index in [0.29, 0.717) is 49.6 Å². The van der Waals surface area contributed by atoms with Crippen LogP contribution in [0, 0.1) is 5.92 Å². The first-order valence-corrected chi connectivity index (χ1v) is 11.7. The third-order valence-corrected chi connectivity index (χ3v) is 6.73. The maximum Gasteiger partial charge on any atom is 0.257 e. The van der Waals surface area contributed by atoms with Gasteiger partial charge in [0.15, 0.2) is 11.5 Å². The number of ether oxygens (including phenoxy) is 3. The predicted molar refractivity (Wildman–Crippen MR) is 132 cm³/mol. The number of nitrogens with two attached hydrogens (primary N) is 1. The summed E-state index contributed by atoms with van der Waals surface area (Å²) in [5, 5.41) is 6.35. The lowest BCUT2D eigenvalue weighted by molar-refractivity contribution is -0.134. The molecule has 1 fully saturated rings. The highest BCUT2D eigenvalue weighted by atomic mass is 16.5. The van der Waals surface area contributed by atoms with Gasteiger partial charge in [0, 0.05) is 23.5 Å². The molecule has 2 aliphatic rings. The largest absolute Gasteiger partial charge is 0.496 e. The zero-order valence-corrected chi connectivity index (χ0v) is 20.4. The average Bonchev–Trinajstić information content (AvgIpc) is 3.34. The smallest absolute Gasteiger partial charge is 0.257 e. The number of piperidine rings is 1. The van der Waals surface area contributed by atoms with Crippen LogP contribution in [0.15, 0.2) is 47.6 Å². The summed E-state index contributed by atoms with van der Waals surface area (Å²) in [4.78, 5) is 27.1. The topological polar surface area (TPSA) is 107 Å². The first-order chi connectivity index (χ1) is 16.9. The van der Waals surface area contributed by atoms with Crippen molar-refractivity contribution in [2.75, 3.05) is 41.0 Å². The van der Waals surface area contributed by atoms with Gasteiger partial charge < -0.3 is 19.9 Å². The minimum atomic E-state index is -0.301. The first kappa shape index (κ1) is 24.5. The molecule has 0 bridgehead atoms. The Labute approximate surface area is 205 Å². The zero-order chi connectivity index (χ0) is 24.9. The Morgan fingerprint density at radius 1 is 0.971 bits per heavy atom. The van der Waals surface area contributed by atoms with E-state index in [2.05, 4.69) is 4.90 Å². The van der Waals surface area contributed by atoms with Gasteiger partial charge in [0.25, 0.3) is 5.91 Å². The lowest BCUT2D eigenvalue weighted by Crippen LogP contribution is -2.44. The van der Waals surface area contributed by atoms with Crippen LogP contribution in [-0.2, 0) is 9.59 Å². The number of amides is 2. The molecule has 0 spiro atoms. The van der Waals surface area contributed by atoms with Crippen LogP contribution in [0.2, 0.25) is 0 Å². The summed E-state index contributed by atoms with van der Waals surface area (Å²) < 4.78 is 16.4. The van der Waals surface area contributed by atoms with Gasteiger partial charge in [-0.25, -0.2) is 5.01 Å². The van der Waals surface area contributed by atoms with Crippen molar-refractivity contribution < 1.29 is 23.8 Å². The molecule has 1 atom stereocenters. The standard InChI is InChI=1S/C26H32N4O5/c1-33-22-7-5-4-6-19(22)21-15-20(18-8-9-23(34-2)24(14-18)35-3)28-30(21)25(31)16-29-12-10-17(11-13-29)26(27)32/h4-9,14,17,21H,10-13,15-16H2,1-3H3,(H2,27,32)/t21-/m0/s1. The molecule has 2 aromatic carbocycles. The third kappa shape index (κ3) is 5.24. The summed E-state index contributed by atoms with van der Waals surface area (Å²) in [7, 11) is 4.81. The number of primary amides is 1. The molecule has 35 heavy (non-hydrogen) atoms. The number of hydrogen-bond donors (Lipinski definition) is 1. The van der Waals surface area contributed by atoms with Crippen LogP contribution in [0.4, 0.5) is 0 Å². The van der Waals surface area contributed by atoms with Gasteiger partial charge in [-0.1, -0.05) is 18.2 Å². The lowest BCUT2D eigenvalue weighted by atomic mass is 9.96. The SMILES string of the molecule is COc1ccc(C2=NN(C(=O)CN3CCC(C(N)=O)CC3)[C@H](c3ccccc3OC)C2)cc1OC. The predicted octanol–water partition coefficient (Wildman–Crippen LogP) is 2.59. The molecule has 0 aromatic heterocycles. The Balaban J connectivity index is 1.61. The van der Waals surface area contributed by atoms with E-state index in [0.717, 1.165) is 16.8 Å². The Kier molecular flexibility index (Phi) is 7.55. The van der Waals surface area contributed by atoms with Gasteiger partial charge in [0.2, 0.25) is 5.91 Å². The number of carbonyl (C=O) groups is 2. The van der Waals surface area contributed by atoms with Gasteiger partial charge in [-0.05, 0) is 50.2 Å². The van der Waals surface area contributed by atoms with E-state index in [-0.39, 0.29) is 30.3 Å². The number of para-hydroxylation sites is 1. The van der Waals surface area contributed by atoms with E-state index in [4.69, 9.17) is 25.0 Å². The summed E-state index contributed by atoms with van der Waals surface area (Å²) in [6, 6.07) is 13.0. The van der Waals surface area contributed by atoms with E-state index in [1.807, 2.05) is 42.5 Å². The molecule has 186 valence electrons. The second-order valence-electron chi connectivity index (χ2n) is 8.77. The second kappa shape index (κ2) is 10.8. The van der Waals surface area contributed by atoms with Crippen LogP contribution in [0.5, 0.6) is 17.2 Å². The van der Waals surface area contributed by atoms with Crippen molar-refractivity contribution in [3.05, 3.63) is 53.6 Å². The van der Waals surface area contributed by atoms with E-state index in [9.17, 15) is 9.59 Å². The van der Waals surface area contributed by atoms with Crippen LogP contribution in [-0.4, -0.2) is 68.4 Å². The molecule has 2 N–H and O–H groups in total. The number of nitrogens with zero attached hydrogens (tertiary/aromatic N) is 3. The number of hydrogen-bond acceptors (Lipinski definition) is 7. The summed E-state index contributed by atoms with van der Waals surface area (Å²) in [6.07, 6.45) is 1.86. The van der Waals surface area contributed by atoms with E-state index < -0.39 is 0 Å². The highest BCUT2D eigenvalue weighted by molar-refractivity contribution is 6.03. The summed E-state index contributed by atoms with van der Waals surface area (Å²) >= 11 is 0. The van der Waals surface area contributed by atoms with E-state index in [1.54, 1.807) is 26.3 Å². The number of likely N-dealkylation sites (tertiary alicyclic amines) is 1. The molecule has 2 amide bonds. The molecule has 0 saturated carbocycles. The Morgan fingerprint density at radius 3 is 2.31 bits per heavy atom. The first-order valence-electron chi connectivity index (χ1n) is 11.7. The molecule has 9 nitrogen and oxygen atoms in total. The minimum absolute atomic E-state index is 0.103. The molecule has 2 heterocycles. The average molecular weight is 481 g/mol. The Hall–Kier alpha value is -3.59. The molecule has 2 aromatic rings. The fourth-order valence-electron chi connectivity index (χ4n) is 4.75. The second-order valence-corrected chi connectivity index (χ2v) is 8.77. The number of methoxy groups -OCH3 is 3. The van der Waals surface area contributed by atoms with Crippen molar-refractivity contribution in [1.29, 1.82) is 0 Å². The normalized spacial score (nSPS) is 18.8. The minimum Gasteiger partial charge on any atom is -0.496 e. The fraction of sp³-hybridized carbons (Fsp3) is 0.423. The number of carbonyl (C=O) groups excluding carboxylic acids is 2. The van der Waals surface area contributed by atoms with Gasteiger partial charge in [-0.2, -0.15) is 5.10 Å². The summed E-state index contributed by atoms with van der Waals surface area (Å²) in [5.41, 5.74) is 7.99. The van der Waals surface area contributed by atoms with Crippen LogP contribution in [0.25, 0.3) is 0 Å². The van der Waals surface area contributed by atoms with E-state index >= 15 is 0 Å². The molecule has 0 aliphatic carbocycles. The van der Waals surface area contributed by atoms with Gasteiger partial charge >= 0.3 is 0 Å². The Bertz CT molecular complexity index is 1110. The number of hydrazone groups is 1. The monoisotopic (exact) mass is 480 g/mol. The number of rotatable bonds is 8. The maximum atomic E-state index is 13.5. The van der Waals surface area contributed by atoms with Crippen molar-refractivity contribution in [3.8, 4) is 17.2 Å². The van der Waals surface area contributed by atoms with Crippen LogP contribution < -0.4 is 19.9 Å². The highest BCUT2D eigenvalue weighted by Crippen LogP contribution is 2.38. The summed E-state index contributed by atoms with van der Waals surface area (Å²) in [6.45, 7) is 1.53. The number of benzene rings is 2. The molecule has 9 heteroatoms. The van der Waals surface area contributed by atoms with Crippen molar-refractivity contribution in [3.63, 3.8) is 0 Å². The fourth-order valence-corrected chi connectivity index (χ4v) is 4.75. The van der Waals surface area contributed by atoms with E-state index in [1.165, 1.54) is 0 Å². The van der Waals surface area contributed by atoms with Crippen molar-refractivity contribution in [2.24, 2.45) is 16.8 Å². The quantitative estimate of drug-likeness (QED) is 0.623. The molecular weight excluding hydrogens is 448 g/mol. The van der Waals surface area contributed by atoms with Crippen molar-refractivity contribution >= 4 is 17.5 Å². The molecular formula is C26H32N4O5. The lowest BCUT2D eigenvalue weighted by Gasteiger charge is -2.31. The van der Waals surface area contributed by atoms with Crippen LogP contribution in [0.1, 0.15) is 36.4 Å². The maximum absolute atomic E-state index is 13.5. The molecule has 2 aliphatic heterocycles. The Morgan fingerprint density at radius 2 is 1.66 bits per heavy atom. The van der Waals surface area contributed by atoms with Gasteiger partial charge in [-0.3, -0.25) is 14.5 Å². The van der Waals surface area contributed by atoms with Gasteiger partial charge in [0.05, 0.1) is 39.6 Å². The highest BCUT2D eigenvalue weighted by Gasteiger charge is 2.36. The van der Waals surface area contributed by atoms with Crippen molar-refractivity contribution in [1.82, 2.24) is 9.91 Å². The van der Waals surface area contributed by atoms with Crippen LogP contribution >= 0.6 is 0 Å². The van der Waals surface area contributed by atoms with Gasteiger partial charge in [0.1, 0.15) is 5.75 Å². The molecule has 4 rings (SSSR count). The zero-order valence-electron chi connectivity index (χ0n) is 20.4. The molecule has 0 radical (unpaired) electrons.